The molecule has 1 aliphatic rings. The molecule has 3 N–H and O–H groups in total. The lowest BCUT2D eigenvalue weighted by molar-refractivity contribution is -0.145. The Labute approximate surface area is 206 Å². The summed E-state index contributed by atoms with van der Waals surface area (Å²) in [5, 5.41) is 14.6. The Hall–Kier alpha value is -3.39. The van der Waals surface area contributed by atoms with Crippen LogP contribution in [-0.2, 0) is 19.1 Å². The van der Waals surface area contributed by atoms with E-state index in [0.29, 0.717) is 0 Å². The van der Waals surface area contributed by atoms with Crippen LogP contribution in [0.25, 0.3) is 11.1 Å². The Morgan fingerprint density at radius 1 is 0.971 bits per heavy atom. The van der Waals surface area contributed by atoms with E-state index in [9.17, 15) is 19.5 Å². The molecule has 0 fully saturated rings. The van der Waals surface area contributed by atoms with E-state index in [1.807, 2.05) is 38.1 Å². The van der Waals surface area contributed by atoms with Gasteiger partial charge in [0.15, 0.2) is 6.04 Å². The minimum Gasteiger partial charge on any atom is -0.480 e. The summed E-state index contributed by atoms with van der Waals surface area (Å²) in [7, 11) is 1.39. The lowest BCUT2D eigenvalue weighted by atomic mass is 9.92. The van der Waals surface area contributed by atoms with E-state index in [1.165, 1.54) is 7.11 Å². The first-order chi connectivity index (χ1) is 16.7. The molecule has 2 aromatic rings. The first kappa shape index (κ1) is 26.2. The summed E-state index contributed by atoms with van der Waals surface area (Å²) in [5.74, 6) is -1.71. The van der Waals surface area contributed by atoms with E-state index in [2.05, 4.69) is 34.9 Å². The van der Waals surface area contributed by atoms with Gasteiger partial charge in [0, 0.05) is 26.0 Å². The third-order valence-electron chi connectivity index (χ3n) is 6.67. The normalized spacial score (nSPS) is 15.0. The molecule has 2 amide bonds. The van der Waals surface area contributed by atoms with Gasteiger partial charge >= 0.3 is 12.1 Å². The fourth-order valence-electron chi connectivity index (χ4n) is 4.39. The van der Waals surface area contributed by atoms with Crippen molar-refractivity contribution < 1.29 is 29.0 Å². The quantitative estimate of drug-likeness (QED) is 0.449. The molecule has 0 bridgehead atoms. The Balaban J connectivity index is 1.54. The predicted molar refractivity (Wildman–Crippen MR) is 132 cm³/mol. The van der Waals surface area contributed by atoms with Crippen LogP contribution >= 0.6 is 0 Å². The summed E-state index contributed by atoms with van der Waals surface area (Å²) < 4.78 is 10.6. The number of carboxylic acids is 1. The largest absolute Gasteiger partial charge is 0.480 e. The van der Waals surface area contributed by atoms with Crippen LogP contribution in [0.1, 0.15) is 44.2 Å². The Morgan fingerprint density at radius 2 is 1.54 bits per heavy atom. The third kappa shape index (κ3) is 6.39. The smallest absolute Gasteiger partial charge is 0.407 e. The minimum atomic E-state index is -1.16. The molecule has 35 heavy (non-hydrogen) atoms. The number of hydrogen-bond donors (Lipinski definition) is 3. The number of fused-ring (bicyclic) bond motifs is 3. The highest BCUT2D eigenvalue weighted by molar-refractivity contribution is 5.84. The molecule has 0 aliphatic heterocycles. The molecular formula is C27H34N2O6. The molecule has 0 aromatic heterocycles. The van der Waals surface area contributed by atoms with Gasteiger partial charge in [-0.25, -0.2) is 9.59 Å². The van der Waals surface area contributed by atoms with Gasteiger partial charge in [-0.15, -0.1) is 0 Å². The summed E-state index contributed by atoms with van der Waals surface area (Å²) in [5.41, 5.74) is 4.59. The van der Waals surface area contributed by atoms with Gasteiger partial charge in [0.25, 0.3) is 0 Å². The van der Waals surface area contributed by atoms with Gasteiger partial charge in [-0.05, 0) is 41.0 Å². The van der Waals surface area contributed by atoms with Gasteiger partial charge in [-0.2, -0.15) is 0 Å². The predicted octanol–water partition coefficient (Wildman–Crippen LogP) is 3.79. The number of aliphatic carboxylic acids is 1. The molecule has 3 atom stereocenters. The Kier molecular flexibility index (Phi) is 8.87. The second-order valence-electron chi connectivity index (χ2n) is 9.24. The highest BCUT2D eigenvalue weighted by Gasteiger charge is 2.30. The van der Waals surface area contributed by atoms with Crippen LogP contribution in [-0.4, -0.2) is 55.5 Å². The fraction of sp³-hybridized carbons (Fsp3) is 0.444. The van der Waals surface area contributed by atoms with Crippen molar-refractivity contribution in [2.75, 3.05) is 20.3 Å². The van der Waals surface area contributed by atoms with E-state index >= 15 is 0 Å². The number of methoxy groups -OCH3 is 1. The summed E-state index contributed by atoms with van der Waals surface area (Å²) in [6.07, 6.45) is -1.15. The van der Waals surface area contributed by atoms with Crippen LogP contribution in [0.4, 0.5) is 4.79 Å². The van der Waals surface area contributed by atoms with Gasteiger partial charge in [0.1, 0.15) is 6.61 Å². The van der Waals surface area contributed by atoms with Crippen molar-refractivity contribution in [3.05, 3.63) is 59.7 Å². The molecular weight excluding hydrogens is 448 g/mol. The Morgan fingerprint density at radius 3 is 2.06 bits per heavy atom. The summed E-state index contributed by atoms with van der Waals surface area (Å²) in [6.45, 7) is 5.92. The van der Waals surface area contributed by atoms with Crippen LogP contribution in [0.5, 0.6) is 0 Å². The van der Waals surface area contributed by atoms with Crippen LogP contribution < -0.4 is 10.6 Å². The van der Waals surface area contributed by atoms with E-state index in [1.54, 1.807) is 6.92 Å². The molecule has 1 aliphatic carbocycles. The zero-order valence-electron chi connectivity index (χ0n) is 20.6. The number of carbonyl (C=O) groups is 3. The van der Waals surface area contributed by atoms with Gasteiger partial charge in [0.05, 0.1) is 6.10 Å². The maximum Gasteiger partial charge on any atom is 0.407 e. The number of carbonyl (C=O) groups excluding carboxylic acids is 2. The van der Waals surface area contributed by atoms with Gasteiger partial charge in [-0.1, -0.05) is 62.4 Å². The Bertz CT molecular complexity index is 1010. The van der Waals surface area contributed by atoms with Crippen LogP contribution in [0.15, 0.2) is 48.5 Å². The number of rotatable bonds is 11. The molecule has 8 heteroatoms. The summed E-state index contributed by atoms with van der Waals surface area (Å²) in [4.78, 5) is 36.4. The SMILES string of the molecule is COC(C)C(NC(=O)CC(CNC(=O)OCC1c2ccccc2-c2ccccc21)C(C)C)C(=O)O. The molecule has 0 radical (unpaired) electrons. The number of amides is 2. The third-order valence-corrected chi connectivity index (χ3v) is 6.67. The molecule has 0 spiro atoms. The standard InChI is InChI=1S/C27H34N2O6/c1-16(2)18(13-24(30)29-25(26(31)32)17(3)34-4)14-28-27(33)35-15-23-21-11-7-5-9-19(21)20-10-6-8-12-22(20)23/h5-12,16-18,23,25H,13-15H2,1-4H3,(H,28,33)(H,29,30)(H,31,32). The van der Waals surface area contributed by atoms with E-state index in [0.717, 1.165) is 22.3 Å². The molecule has 0 heterocycles. The summed E-state index contributed by atoms with van der Waals surface area (Å²) in [6, 6.07) is 15.1. The van der Waals surface area contributed by atoms with Crippen molar-refractivity contribution in [2.24, 2.45) is 11.8 Å². The molecule has 188 valence electrons. The number of alkyl carbamates (subject to hydrolysis) is 1. The second-order valence-corrected chi connectivity index (χ2v) is 9.24. The monoisotopic (exact) mass is 482 g/mol. The topological polar surface area (TPSA) is 114 Å². The van der Waals surface area contributed by atoms with E-state index in [4.69, 9.17) is 9.47 Å². The average Bonchev–Trinajstić information content (AvgIpc) is 3.16. The number of hydrogen-bond acceptors (Lipinski definition) is 5. The van der Waals surface area contributed by atoms with E-state index < -0.39 is 30.1 Å². The number of benzene rings is 2. The van der Waals surface area contributed by atoms with Crippen molar-refractivity contribution in [1.29, 1.82) is 0 Å². The van der Waals surface area contributed by atoms with E-state index in [-0.39, 0.29) is 37.3 Å². The molecule has 3 rings (SSSR count). The van der Waals surface area contributed by atoms with Crippen LogP contribution in [0.2, 0.25) is 0 Å². The van der Waals surface area contributed by atoms with Gasteiger partial charge in [-0.3, -0.25) is 4.79 Å². The van der Waals surface area contributed by atoms with Crippen LogP contribution in [0.3, 0.4) is 0 Å². The van der Waals surface area contributed by atoms with Crippen molar-refractivity contribution in [1.82, 2.24) is 10.6 Å². The van der Waals surface area contributed by atoms with Crippen molar-refractivity contribution in [3.63, 3.8) is 0 Å². The number of carboxylic acid groups (broad SMARTS) is 1. The van der Waals surface area contributed by atoms with Crippen molar-refractivity contribution >= 4 is 18.0 Å². The lowest BCUT2D eigenvalue weighted by Crippen LogP contribution is -2.49. The first-order valence-electron chi connectivity index (χ1n) is 11.9. The second kappa shape index (κ2) is 11.8. The zero-order chi connectivity index (χ0) is 25.5. The maximum atomic E-state index is 12.5. The number of ether oxygens (including phenoxy) is 2. The molecule has 3 unspecified atom stereocenters. The first-order valence-corrected chi connectivity index (χ1v) is 11.9. The summed E-state index contributed by atoms with van der Waals surface area (Å²) >= 11 is 0. The fourth-order valence-corrected chi connectivity index (χ4v) is 4.39. The lowest BCUT2D eigenvalue weighted by Gasteiger charge is -2.24. The molecule has 0 saturated carbocycles. The average molecular weight is 483 g/mol. The maximum absolute atomic E-state index is 12.5. The van der Waals surface area contributed by atoms with Gasteiger partial charge < -0.3 is 25.2 Å². The van der Waals surface area contributed by atoms with Crippen LogP contribution in [0, 0.1) is 11.8 Å². The highest BCUT2D eigenvalue weighted by Crippen LogP contribution is 2.44. The minimum absolute atomic E-state index is 0.0319. The highest BCUT2D eigenvalue weighted by atomic mass is 16.5. The van der Waals surface area contributed by atoms with Crippen molar-refractivity contribution in [3.8, 4) is 11.1 Å². The molecule has 8 nitrogen and oxygen atoms in total. The van der Waals surface area contributed by atoms with Crippen molar-refractivity contribution in [2.45, 2.75) is 45.3 Å². The molecule has 2 aromatic carbocycles. The van der Waals surface area contributed by atoms with Gasteiger partial charge in [0.2, 0.25) is 5.91 Å². The number of nitrogens with one attached hydrogen (secondary N) is 2. The molecule has 0 saturated heterocycles. The zero-order valence-corrected chi connectivity index (χ0v) is 20.6.